The van der Waals surface area contributed by atoms with Crippen LogP contribution < -0.4 is 10.6 Å². The first-order valence-corrected chi connectivity index (χ1v) is 6.93. The number of rotatable bonds is 2. The van der Waals surface area contributed by atoms with Gasteiger partial charge in [0.1, 0.15) is 6.10 Å². The minimum Gasteiger partial charge on any atom is -0.348 e. The molecule has 3 rings (SSSR count). The van der Waals surface area contributed by atoms with Gasteiger partial charge >= 0.3 is 0 Å². The molecular formula is C15H20N2O3. The van der Waals surface area contributed by atoms with Gasteiger partial charge < -0.3 is 20.1 Å². The van der Waals surface area contributed by atoms with E-state index in [9.17, 15) is 4.79 Å². The highest BCUT2D eigenvalue weighted by Crippen LogP contribution is 2.29. The highest BCUT2D eigenvalue weighted by Gasteiger charge is 2.37. The summed E-state index contributed by atoms with van der Waals surface area (Å²) in [6, 6.07) is 7.41. The zero-order chi connectivity index (χ0) is 14.3. The minimum absolute atomic E-state index is 0.0444. The van der Waals surface area contributed by atoms with Gasteiger partial charge in [0.15, 0.2) is 5.79 Å². The molecular weight excluding hydrogens is 256 g/mol. The molecule has 2 aliphatic rings. The average molecular weight is 276 g/mol. The van der Waals surface area contributed by atoms with E-state index in [4.69, 9.17) is 15.2 Å². The molecule has 0 spiro atoms. The molecule has 5 nitrogen and oxygen atoms in total. The van der Waals surface area contributed by atoms with Crippen LogP contribution in [0.3, 0.4) is 0 Å². The van der Waals surface area contributed by atoms with Gasteiger partial charge in [0, 0.05) is 5.69 Å². The van der Waals surface area contributed by atoms with E-state index in [2.05, 4.69) is 0 Å². The number of benzene rings is 1. The third kappa shape index (κ3) is 2.44. The average Bonchev–Trinajstić information content (AvgIpc) is 2.74. The number of hydrogen-bond donors (Lipinski definition) is 1. The zero-order valence-corrected chi connectivity index (χ0v) is 11.8. The molecule has 2 heterocycles. The Morgan fingerprint density at radius 3 is 2.85 bits per heavy atom. The number of nitrogens with zero attached hydrogens (tertiary/aromatic N) is 1. The molecule has 2 N–H and O–H groups in total. The van der Waals surface area contributed by atoms with E-state index < -0.39 is 11.8 Å². The summed E-state index contributed by atoms with van der Waals surface area (Å²) in [6.07, 6.45) is 0.478. The lowest BCUT2D eigenvalue weighted by atomic mass is 9.97. The van der Waals surface area contributed by atoms with Crippen LogP contribution in [0, 0.1) is 0 Å². The fourth-order valence-corrected chi connectivity index (χ4v) is 2.83. The smallest absolute Gasteiger partial charge is 0.244 e. The Balaban J connectivity index is 1.83. The van der Waals surface area contributed by atoms with Gasteiger partial charge in [0.25, 0.3) is 0 Å². The van der Waals surface area contributed by atoms with Crippen molar-refractivity contribution in [1.29, 1.82) is 0 Å². The van der Waals surface area contributed by atoms with Gasteiger partial charge in [-0.25, -0.2) is 0 Å². The summed E-state index contributed by atoms with van der Waals surface area (Å²) in [5.74, 6) is -0.623. The van der Waals surface area contributed by atoms with Crippen molar-refractivity contribution in [3.05, 3.63) is 29.8 Å². The standard InChI is InChI=1S/C15H20N2O3/c1-15(2)19-9-11(20-15)8-17-13-6-4-3-5-10(13)7-12(16)14(17)18/h3-6,11-12H,7-9,16H2,1-2H3/t11-,12?/m1/s1. The van der Waals surface area contributed by atoms with Crippen molar-refractivity contribution < 1.29 is 14.3 Å². The normalized spacial score (nSPS) is 28.6. The van der Waals surface area contributed by atoms with Crippen LogP contribution in [0.25, 0.3) is 0 Å². The summed E-state index contributed by atoms with van der Waals surface area (Å²) >= 11 is 0. The molecule has 108 valence electrons. The first-order chi connectivity index (χ1) is 9.46. The van der Waals surface area contributed by atoms with Gasteiger partial charge in [-0.3, -0.25) is 4.79 Å². The minimum atomic E-state index is -0.578. The number of amides is 1. The van der Waals surface area contributed by atoms with Gasteiger partial charge in [0.2, 0.25) is 5.91 Å². The van der Waals surface area contributed by atoms with E-state index in [1.54, 1.807) is 4.90 Å². The Labute approximate surface area is 118 Å². The lowest BCUT2D eigenvalue weighted by Gasteiger charge is -2.34. The topological polar surface area (TPSA) is 64.8 Å². The fourth-order valence-electron chi connectivity index (χ4n) is 2.83. The first kappa shape index (κ1) is 13.5. The summed E-state index contributed by atoms with van der Waals surface area (Å²) in [6.45, 7) is 4.73. The second kappa shape index (κ2) is 4.84. The number of para-hydroxylation sites is 1. The number of anilines is 1. The van der Waals surface area contributed by atoms with E-state index in [1.165, 1.54) is 0 Å². The van der Waals surface area contributed by atoms with Crippen LogP contribution in [0.4, 0.5) is 5.69 Å². The molecule has 0 radical (unpaired) electrons. The number of ether oxygens (including phenoxy) is 2. The SMILES string of the molecule is CC1(C)OC[C@@H](CN2C(=O)C(N)Cc3ccccc32)O1. The van der Waals surface area contributed by atoms with Crippen molar-refractivity contribution >= 4 is 11.6 Å². The van der Waals surface area contributed by atoms with E-state index in [-0.39, 0.29) is 12.0 Å². The predicted molar refractivity (Wildman–Crippen MR) is 75.4 cm³/mol. The molecule has 1 unspecified atom stereocenters. The Hall–Kier alpha value is -1.43. The molecule has 0 aromatic heterocycles. The van der Waals surface area contributed by atoms with E-state index in [1.807, 2.05) is 38.1 Å². The third-order valence-electron chi connectivity index (χ3n) is 3.76. The second-order valence-electron chi connectivity index (χ2n) is 5.84. The summed E-state index contributed by atoms with van der Waals surface area (Å²) in [5.41, 5.74) is 7.99. The molecule has 1 aromatic rings. The van der Waals surface area contributed by atoms with Crippen LogP contribution in [0.1, 0.15) is 19.4 Å². The maximum atomic E-state index is 12.3. The van der Waals surface area contributed by atoms with Gasteiger partial charge in [-0.05, 0) is 31.9 Å². The number of nitrogens with two attached hydrogens (primary N) is 1. The van der Waals surface area contributed by atoms with Gasteiger partial charge in [-0.15, -0.1) is 0 Å². The maximum absolute atomic E-state index is 12.3. The molecule has 1 aromatic carbocycles. The van der Waals surface area contributed by atoms with E-state index in [0.29, 0.717) is 19.6 Å². The van der Waals surface area contributed by atoms with Crippen molar-refractivity contribution in [3.63, 3.8) is 0 Å². The first-order valence-electron chi connectivity index (χ1n) is 6.93. The monoisotopic (exact) mass is 276 g/mol. The Kier molecular flexibility index (Phi) is 3.28. The predicted octanol–water partition coefficient (Wildman–Crippen LogP) is 1.05. The number of carbonyl (C=O) groups is 1. The Morgan fingerprint density at radius 2 is 2.15 bits per heavy atom. The van der Waals surface area contributed by atoms with Crippen molar-refractivity contribution in [2.45, 2.75) is 38.2 Å². The lowest BCUT2D eigenvalue weighted by molar-refractivity contribution is -0.138. The van der Waals surface area contributed by atoms with Crippen molar-refractivity contribution in [1.82, 2.24) is 0 Å². The summed E-state index contributed by atoms with van der Waals surface area (Å²) in [4.78, 5) is 14.1. The lowest BCUT2D eigenvalue weighted by Crippen LogP contribution is -2.51. The number of fused-ring (bicyclic) bond motifs is 1. The van der Waals surface area contributed by atoms with Gasteiger partial charge in [-0.2, -0.15) is 0 Å². The molecule has 0 aliphatic carbocycles. The maximum Gasteiger partial charge on any atom is 0.244 e. The quantitative estimate of drug-likeness (QED) is 0.877. The summed E-state index contributed by atoms with van der Waals surface area (Å²) in [7, 11) is 0. The summed E-state index contributed by atoms with van der Waals surface area (Å²) in [5, 5.41) is 0. The van der Waals surface area contributed by atoms with E-state index in [0.717, 1.165) is 11.3 Å². The Morgan fingerprint density at radius 1 is 1.40 bits per heavy atom. The van der Waals surface area contributed by atoms with Crippen LogP contribution in [-0.2, 0) is 20.7 Å². The van der Waals surface area contributed by atoms with Gasteiger partial charge in [0.05, 0.1) is 19.2 Å². The van der Waals surface area contributed by atoms with Crippen molar-refractivity contribution in [3.8, 4) is 0 Å². The fraction of sp³-hybridized carbons (Fsp3) is 0.533. The molecule has 5 heteroatoms. The molecule has 2 atom stereocenters. The highest BCUT2D eigenvalue weighted by atomic mass is 16.7. The van der Waals surface area contributed by atoms with Gasteiger partial charge in [-0.1, -0.05) is 18.2 Å². The van der Waals surface area contributed by atoms with E-state index >= 15 is 0 Å². The molecule has 1 fully saturated rings. The van der Waals surface area contributed by atoms with Crippen molar-refractivity contribution in [2.24, 2.45) is 5.73 Å². The molecule has 20 heavy (non-hydrogen) atoms. The molecule has 0 bridgehead atoms. The van der Waals surface area contributed by atoms with Crippen LogP contribution in [0.2, 0.25) is 0 Å². The molecule has 1 saturated heterocycles. The van der Waals surface area contributed by atoms with Crippen LogP contribution in [0.5, 0.6) is 0 Å². The third-order valence-corrected chi connectivity index (χ3v) is 3.76. The van der Waals surface area contributed by atoms with Crippen LogP contribution >= 0.6 is 0 Å². The molecule has 1 amide bonds. The highest BCUT2D eigenvalue weighted by molar-refractivity contribution is 6.00. The van der Waals surface area contributed by atoms with Crippen LogP contribution in [-0.4, -0.2) is 37.0 Å². The second-order valence-corrected chi connectivity index (χ2v) is 5.84. The van der Waals surface area contributed by atoms with Crippen molar-refractivity contribution in [2.75, 3.05) is 18.1 Å². The number of hydrogen-bond acceptors (Lipinski definition) is 4. The zero-order valence-electron chi connectivity index (χ0n) is 11.8. The molecule has 2 aliphatic heterocycles. The Bertz CT molecular complexity index is 530. The van der Waals surface area contributed by atoms with Crippen LogP contribution in [0.15, 0.2) is 24.3 Å². The molecule has 0 saturated carbocycles. The summed E-state index contributed by atoms with van der Waals surface area (Å²) < 4.78 is 11.3. The number of carbonyl (C=O) groups excluding carboxylic acids is 1. The largest absolute Gasteiger partial charge is 0.348 e.